The summed E-state index contributed by atoms with van der Waals surface area (Å²) in [6, 6.07) is 0. The highest BCUT2D eigenvalue weighted by Crippen LogP contribution is 2.35. The van der Waals surface area contributed by atoms with Crippen molar-refractivity contribution in [3.8, 4) is 0 Å². The topological polar surface area (TPSA) is 75.3 Å². The lowest BCUT2D eigenvalue weighted by atomic mass is 9.73. The predicted molar refractivity (Wildman–Crippen MR) is 73.1 cm³/mol. The molecule has 1 fully saturated rings. The molecule has 4 N–H and O–H groups in total. The fourth-order valence-electron chi connectivity index (χ4n) is 2.84. The van der Waals surface area contributed by atoms with Crippen LogP contribution in [-0.2, 0) is 4.79 Å². The van der Waals surface area contributed by atoms with Crippen molar-refractivity contribution in [3.63, 3.8) is 0 Å². The molecule has 0 aliphatic heterocycles. The van der Waals surface area contributed by atoms with E-state index in [2.05, 4.69) is 5.32 Å². The first-order valence-electron chi connectivity index (χ1n) is 7.16. The SMILES string of the molecule is CCCC(C)(O)CNC(=O)C1(CN)CCCCC1. The van der Waals surface area contributed by atoms with Crippen LogP contribution < -0.4 is 11.1 Å². The van der Waals surface area contributed by atoms with E-state index in [1.807, 2.05) is 6.92 Å². The van der Waals surface area contributed by atoms with Gasteiger partial charge < -0.3 is 16.2 Å². The van der Waals surface area contributed by atoms with Crippen molar-refractivity contribution in [2.75, 3.05) is 13.1 Å². The van der Waals surface area contributed by atoms with Gasteiger partial charge in [0.2, 0.25) is 5.91 Å². The first-order chi connectivity index (χ1) is 8.46. The average molecular weight is 256 g/mol. The Morgan fingerprint density at radius 1 is 1.39 bits per heavy atom. The summed E-state index contributed by atoms with van der Waals surface area (Å²) in [5, 5.41) is 13.0. The highest BCUT2D eigenvalue weighted by molar-refractivity contribution is 5.83. The lowest BCUT2D eigenvalue weighted by Gasteiger charge is -2.35. The highest BCUT2D eigenvalue weighted by atomic mass is 16.3. The molecule has 4 heteroatoms. The van der Waals surface area contributed by atoms with Gasteiger partial charge >= 0.3 is 0 Å². The second kappa shape index (κ2) is 6.53. The zero-order valence-electron chi connectivity index (χ0n) is 11.8. The normalized spacial score (nSPS) is 22.2. The zero-order chi connectivity index (χ0) is 13.6. The Morgan fingerprint density at radius 2 is 2.00 bits per heavy atom. The number of nitrogens with one attached hydrogen (secondary N) is 1. The Hall–Kier alpha value is -0.610. The molecule has 18 heavy (non-hydrogen) atoms. The molecule has 1 atom stereocenters. The first kappa shape index (κ1) is 15.4. The number of carbonyl (C=O) groups excluding carboxylic acids is 1. The minimum atomic E-state index is -0.811. The number of hydrogen-bond acceptors (Lipinski definition) is 3. The largest absolute Gasteiger partial charge is 0.388 e. The predicted octanol–water partition coefficient (Wildman–Crippen LogP) is 1.56. The van der Waals surface area contributed by atoms with E-state index in [1.165, 1.54) is 6.42 Å². The zero-order valence-corrected chi connectivity index (χ0v) is 11.8. The van der Waals surface area contributed by atoms with E-state index in [0.29, 0.717) is 19.5 Å². The van der Waals surface area contributed by atoms with Crippen molar-refractivity contribution in [2.45, 2.75) is 64.4 Å². The minimum Gasteiger partial charge on any atom is -0.388 e. The Bertz CT molecular complexity index is 271. The molecule has 0 aromatic heterocycles. The third kappa shape index (κ3) is 3.95. The maximum absolute atomic E-state index is 12.3. The highest BCUT2D eigenvalue weighted by Gasteiger charge is 2.38. The molecule has 1 saturated carbocycles. The number of rotatable bonds is 6. The monoisotopic (exact) mass is 256 g/mol. The Morgan fingerprint density at radius 3 is 2.50 bits per heavy atom. The molecule has 0 spiro atoms. The number of aliphatic hydroxyl groups is 1. The number of amides is 1. The number of nitrogens with two attached hydrogens (primary N) is 1. The summed E-state index contributed by atoms with van der Waals surface area (Å²) in [5.41, 5.74) is 4.61. The minimum absolute atomic E-state index is 0.0288. The third-order valence-corrected chi connectivity index (χ3v) is 4.10. The van der Waals surface area contributed by atoms with Gasteiger partial charge in [-0.3, -0.25) is 4.79 Å². The molecule has 0 radical (unpaired) electrons. The maximum Gasteiger partial charge on any atom is 0.227 e. The molecular weight excluding hydrogens is 228 g/mol. The van der Waals surface area contributed by atoms with Crippen LogP contribution in [0.2, 0.25) is 0 Å². The molecule has 0 heterocycles. The van der Waals surface area contributed by atoms with E-state index < -0.39 is 5.60 Å². The summed E-state index contributed by atoms with van der Waals surface area (Å²) in [6.07, 6.45) is 6.72. The summed E-state index contributed by atoms with van der Waals surface area (Å²) in [7, 11) is 0. The molecule has 106 valence electrons. The van der Waals surface area contributed by atoms with Crippen LogP contribution in [0.15, 0.2) is 0 Å². The van der Waals surface area contributed by atoms with Gasteiger partial charge in [0.15, 0.2) is 0 Å². The Kier molecular flexibility index (Phi) is 5.60. The van der Waals surface area contributed by atoms with Gasteiger partial charge in [-0.2, -0.15) is 0 Å². The molecular formula is C14H28N2O2. The van der Waals surface area contributed by atoms with Crippen molar-refractivity contribution in [3.05, 3.63) is 0 Å². The second-order valence-corrected chi connectivity index (χ2v) is 5.97. The van der Waals surface area contributed by atoms with E-state index in [0.717, 1.165) is 32.1 Å². The van der Waals surface area contributed by atoms with Crippen LogP contribution in [0, 0.1) is 5.41 Å². The molecule has 1 rings (SSSR count). The van der Waals surface area contributed by atoms with E-state index in [9.17, 15) is 9.90 Å². The molecule has 1 unspecified atom stereocenters. The lowest BCUT2D eigenvalue weighted by molar-refractivity contribution is -0.133. The molecule has 1 aliphatic rings. The van der Waals surface area contributed by atoms with Gasteiger partial charge in [0.1, 0.15) is 0 Å². The van der Waals surface area contributed by atoms with E-state index in [1.54, 1.807) is 6.92 Å². The van der Waals surface area contributed by atoms with Crippen LogP contribution in [0.1, 0.15) is 58.8 Å². The molecule has 0 aromatic carbocycles. The molecule has 0 saturated heterocycles. The van der Waals surface area contributed by atoms with Crippen LogP contribution in [0.3, 0.4) is 0 Å². The lowest BCUT2D eigenvalue weighted by Crippen LogP contribution is -2.50. The summed E-state index contributed by atoms with van der Waals surface area (Å²) in [5.74, 6) is 0.0288. The van der Waals surface area contributed by atoms with Gasteiger partial charge in [0.05, 0.1) is 11.0 Å². The molecule has 0 aromatic rings. The standard InChI is InChI=1S/C14H28N2O2/c1-3-7-13(2,18)11-16-12(17)14(10-15)8-5-4-6-9-14/h18H,3-11,15H2,1-2H3,(H,16,17). The smallest absolute Gasteiger partial charge is 0.227 e. The second-order valence-electron chi connectivity index (χ2n) is 5.97. The van der Waals surface area contributed by atoms with Crippen LogP contribution in [0.25, 0.3) is 0 Å². The number of hydrogen-bond donors (Lipinski definition) is 3. The fourth-order valence-corrected chi connectivity index (χ4v) is 2.84. The van der Waals surface area contributed by atoms with Gasteiger partial charge in [-0.15, -0.1) is 0 Å². The Balaban J connectivity index is 2.52. The summed E-state index contributed by atoms with van der Waals surface area (Å²) in [6.45, 7) is 4.53. The van der Waals surface area contributed by atoms with Crippen LogP contribution in [0.5, 0.6) is 0 Å². The average Bonchev–Trinajstić information content (AvgIpc) is 2.37. The molecule has 0 bridgehead atoms. The van der Waals surface area contributed by atoms with Crippen LogP contribution >= 0.6 is 0 Å². The molecule has 1 aliphatic carbocycles. The van der Waals surface area contributed by atoms with Gasteiger partial charge in [0, 0.05) is 13.1 Å². The van der Waals surface area contributed by atoms with Gasteiger partial charge in [-0.05, 0) is 26.2 Å². The molecule has 1 amide bonds. The van der Waals surface area contributed by atoms with Crippen LogP contribution in [0.4, 0.5) is 0 Å². The quantitative estimate of drug-likeness (QED) is 0.675. The van der Waals surface area contributed by atoms with E-state index in [-0.39, 0.29) is 11.3 Å². The number of carbonyl (C=O) groups is 1. The summed E-state index contributed by atoms with van der Waals surface area (Å²) < 4.78 is 0. The Labute approximate surface area is 110 Å². The van der Waals surface area contributed by atoms with E-state index >= 15 is 0 Å². The summed E-state index contributed by atoms with van der Waals surface area (Å²) in [4.78, 5) is 12.3. The van der Waals surface area contributed by atoms with Crippen molar-refractivity contribution in [1.29, 1.82) is 0 Å². The molecule has 4 nitrogen and oxygen atoms in total. The van der Waals surface area contributed by atoms with Crippen molar-refractivity contribution in [2.24, 2.45) is 11.1 Å². The summed E-state index contributed by atoms with van der Waals surface area (Å²) >= 11 is 0. The van der Waals surface area contributed by atoms with Crippen LogP contribution in [-0.4, -0.2) is 29.7 Å². The third-order valence-electron chi connectivity index (χ3n) is 4.10. The van der Waals surface area contributed by atoms with Crippen molar-refractivity contribution >= 4 is 5.91 Å². The van der Waals surface area contributed by atoms with Crippen molar-refractivity contribution in [1.82, 2.24) is 5.32 Å². The maximum atomic E-state index is 12.3. The fraction of sp³-hybridized carbons (Fsp3) is 0.929. The first-order valence-corrected chi connectivity index (χ1v) is 7.16. The van der Waals surface area contributed by atoms with Gasteiger partial charge in [-0.25, -0.2) is 0 Å². The van der Waals surface area contributed by atoms with E-state index in [4.69, 9.17) is 5.73 Å². The van der Waals surface area contributed by atoms with Gasteiger partial charge in [0.25, 0.3) is 0 Å². The van der Waals surface area contributed by atoms with Gasteiger partial charge in [-0.1, -0.05) is 32.6 Å². The van der Waals surface area contributed by atoms with Crippen molar-refractivity contribution < 1.29 is 9.90 Å².